The van der Waals surface area contributed by atoms with Gasteiger partial charge in [0, 0.05) is 27.5 Å². The summed E-state index contributed by atoms with van der Waals surface area (Å²) in [6.07, 6.45) is 0. The fourth-order valence-electron chi connectivity index (χ4n) is 11.3. The predicted octanol–water partition coefficient (Wildman–Crippen LogP) is 16.7. The second kappa shape index (κ2) is 15.1. The van der Waals surface area contributed by atoms with E-state index in [0.29, 0.717) is 5.82 Å². The van der Waals surface area contributed by atoms with Gasteiger partial charge in [-0.05, 0) is 126 Å². The molecule has 0 aliphatic heterocycles. The first kappa shape index (κ1) is 38.4. The van der Waals surface area contributed by atoms with Crippen LogP contribution in [0.15, 0.2) is 247 Å². The van der Waals surface area contributed by atoms with Crippen molar-refractivity contribution in [3.05, 3.63) is 265 Å². The molecule has 3 nitrogen and oxygen atoms in total. The maximum absolute atomic E-state index is 6.30. The van der Waals surface area contributed by atoms with Crippen molar-refractivity contribution in [2.45, 2.75) is 5.41 Å². The van der Waals surface area contributed by atoms with Crippen LogP contribution in [0.3, 0.4) is 0 Å². The summed E-state index contributed by atoms with van der Waals surface area (Å²) in [5, 5.41) is 2.20. The molecule has 2 aliphatic rings. The van der Waals surface area contributed by atoms with Gasteiger partial charge in [-0.2, -0.15) is 0 Å². The van der Waals surface area contributed by atoms with Gasteiger partial charge in [-0.1, -0.05) is 194 Å². The van der Waals surface area contributed by atoms with Gasteiger partial charge in [-0.25, -0.2) is 9.97 Å². The summed E-state index contributed by atoms with van der Waals surface area (Å²) >= 11 is 0. The minimum Gasteiger partial charge on any atom is -0.456 e. The number of para-hydroxylation sites is 1. The van der Waals surface area contributed by atoms with Crippen LogP contribution in [0.5, 0.6) is 0 Å². The molecule has 3 heteroatoms. The van der Waals surface area contributed by atoms with Crippen LogP contribution in [0.1, 0.15) is 22.3 Å². The number of fused-ring (bicyclic) bond motifs is 13. The lowest BCUT2D eigenvalue weighted by molar-refractivity contribution is 0.669. The second-order valence-corrected chi connectivity index (χ2v) is 18.0. The third-order valence-electron chi connectivity index (χ3n) is 14.3. The van der Waals surface area contributed by atoms with E-state index in [1.807, 2.05) is 18.2 Å². The van der Waals surface area contributed by atoms with E-state index in [4.69, 9.17) is 14.4 Å². The molecule has 0 atom stereocenters. The molecule has 0 amide bonds. The smallest absolute Gasteiger partial charge is 0.160 e. The number of aromatic nitrogens is 2. The van der Waals surface area contributed by atoms with Gasteiger partial charge >= 0.3 is 0 Å². The van der Waals surface area contributed by atoms with E-state index in [-0.39, 0.29) is 0 Å². The summed E-state index contributed by atoms with van der Waals surface area (Å²) in [7, 11) is 0. The molecule has 1 spiro atoms. The molecule has 10 aromatic carbocycles. The highest BCUT2D eigenvalue weighted by atomic mass is 16.3. The molecule has 0 saturated heterocycles. The molecule has 12 aromatic rings. The standard InChI is InChI=1S/C65H40N2O/c1-3-17-41(18-4-1)48-21-7-8-22-49(48)46-35-45(43-32-34-63-55(38-43)54-26-12-16-30-62(54)68-63)36-47(37-46)61-40-60(66-64(67-61)42-19-5-2-6-20-42)44-31-33-53-52-25-11-15-29-58(52)65(59(53)39-44)56-27-13-9-23-50(56)51-24-10-14-28-57(51)65/h1-40H. The number of hydrogen-bond donors (Lipinski definition) is 0. The zero-order valence-electron chi connectivity index (χ0n) is 36.9. The van der Waals surface area contributed by atoms with E-state index >= 15 is 0 Å². The largest absolute Gasteiger partial charge is 0.456 e. The first-order chi connectivity index (χ1) is 33.7. The molecule has 68 heavy (non-hydrogen) atoms. The number of benzene rings is 10. The molecule has 2 aromatic heterocycles. The average molecular weight is 865 g/mol. The zero-order valence-corrected chi connectivity index (χ0v) is 36.9. The molecule has 2 heterocycles. The third kappa shape index (κ3) is 5.79. The number of nitrogens with zero attached hydrogens (tertiary/aromatic N) is 2. The van der Waals surface area contributed by atoms with Crippen LogP contribution in [0.2, 0.25) is 0 Å². The number of furan rings is 1. The van der Waals surface area contributed by atoms with E-state index in [9.17, 15) is 0 Å². The molecular formula is C65H40N2O. The highest BCUT2D eigenvalue weighted by Gasteiger charge is 2.51. The minimum absolute atomic E-state index is 0.468. The maximum atomic E-state index is 6.30. The lowest BCUT2D eigenvalue weighted by atomic mass is 9.70. The summed E-state index contributed by atoms with van der Waals surface area (Å²) in [4.78, 5) is 10.9. The van der Waals surface area contributed by atoms with Crippen LogP contribution in [-0.2, 0) is 5.41 Å². The molecule has 316 valence electrons. The third-order valence-corrected chi connectivity index (χ3v) is 14.3. The summed E-state index contributed by atoms with van der Waals surface area (Å²) in [5.41, 5.74) is 23.1. The van der Waals surface area contributed by atoms with Gasteiger partial charge in [0.05, 0.1) is 16.8 Å². The van der Waals surface area contributed by atoms with Crippen LogP contribution in [0.25, 0.3) is 111 Å². The topological polar surface area (TPSA) is 38.9 Å². The van der Waals surface area contributed by atoms with E-state index in [0.717, 1.165) is 72.3 Å². The Morgan fingerprint density at radius 2 is 0.750 bits per heavy atom. The first-order valence-corrected chi connectivity index (χ1v) is 23.3. The predicted molar refractivity (Wildman–Crippen MR) is 278 cm³/mol. The van der Waals surface area contributed by atoms with Crippen molar-refractivity contribution >= 4 is 21.9 Å². The molecule has 0 radical (unpaired) electrons. The Labute approximate surface area is 394 Å². The molecule has 0 saturated carbocycles. The Balaban J connectivity index is 1.00. The highest BCUT2D eigenvalue weighted by molar-refractivity contribution is 6.06. The van der Waals surface area contributed by atoms with Crippen molar-refractivity contribution in [1.82, 2.24) is 9.97 Å². The highest BCUT2D eigenvalue weighted by Crippen LogP contribution is 2.63. The van der Waals surface area contributed by atoms with Gasteiger partial charge in [-0.15, -0.1) is 0 Å². The fourth-order valence-corrected chi connectivity index (χ4v) is 11.3. The minimum atomic E-state index is -0.468. The quantitative estimate of drug-likeness (QED) is 0.167. The molecular weight excluding hydrogens is 825 g/mol. The van der Waals surface area contributed by atoms with Crippen molar-refractivity contribution in [3.8, 4) is 89.5 Å². The SMILES string of the molecule is c1ccc(-c2nc(-c3cc(-c4ccc5oc6ccccc6c5c4)cc(-c4ccccc4-c4ccccc4)c3)cc(-c3ccc4c(c3)C3(c5ccccc5-c5ccccc53)c3ccccc3-4)n2)cc1. The van der Waals surface area contributed by atoms with Gasteiger partial charge in [0.2, 0.25) is 0 Å². The normalized spacial score (nSPS) is 12.8. The van der Waals surface area contributed by atoms with Crippen molar-refractivity contribution in [1.29, 1.82) is 0 Å². The second-order valence-electron chi connectivity index (χ2n) is 18.0. The van der Waals surface area contributed by atoms with E-state index in [1.165, 1.54) is 55.6 Å². The average Bonchev–Trinajstić information content (AvgIpc) is 4.05. The van der Waals surface area contributed by atoms with Crippen molar-refractivity contribution in [2.24, 2.45) is 0 Å². The first-order valence-electron chi connectivity index (χ1n) is 23.3. The van der Waals surface area contributed by atoms with Crippen LogP contribution >= 0.6 is 0 Å². The molecule has 0 unspecified atom stereocenters. The van der Waals surface area contributed by atoms with Crippen molar-refractivity contribution in [2.75, 3.05) is 0 Å². The van der Waals surface area contributed by atoms with Gasteiger partial charge in [0.1, 0.15) is 11.2 Å². The summed E-state index contributed by atoms with van der Waals surface area (Å²) in [6.45, 7) is 0. The van der Waals surface area contributed by atoms with Gasteiger partial charge in [-0.3, -0.25) is 0 Å². The maximum Gasteiger partial charge on any atom is 0.160 e. The lowest BCUT2D eigenvalue weighted by Crippen LogP contribution is -2.25. The van der Waals surface area contributed by atoms with Crippen molar-refractivity contribution < 1.29 is 4.42 Å². The van der Waals surface area contributed by atoms with Crippen LogP contribution in [-0.4, -0.2) is 9.97 Å². The molecule has 0 fully saturated rings. The van der Waals surface area contributed by atoms with E-state index in [2.05, 4.69) is 224 Å². The molecule has 0 bridgehead atoms. The van der Waals surface area contributed by atoms with Crippen LogP contribution < -0.4 is 0 Å². The summed E-state index contributed by atoms with van der Waals surface area (Å²) in [5.74, 6) is 0.677. The zero-order chi connectivity index (χ0) is 44.8. The van der Waals surface area contributed by atoms with Crippen molar-refractivity contribution in [3.63, 3.8) is 0 Å². The van der Waals surface area contributed by atoms with Gasteiger partial charge < -0.3 is 4.42 Å². The monoisotopic (exact) mass is 864 g/mol. The number of rotatable bonds is 6. The lowest BCUT2D eigenvalue weighted by Gasteiger charge is -2.30. The fraction of sp³-hybridized carbons (Fsp3) is 0.0154. The Morgan fingerprint density at radius 1 is 0.265 bits per heavy atom. The Bertz CT molecular complexity index is 3910. The van der Waals surface area contributed by atoms with Crippen LogP contribution in [0.4, 0.5) is 0 Å². The van der Waals surface area contributed by atoms with Crippen LogP contribution in [0, 0.1) is 0 Å². The Kier molecular flexibility index (Phi) is 8.50. The molecule has 14 rings (SSSR count). The summed E-state index contributed by atoms with van der Waals surface area (Å²) in [6, 6.07) is 87.6. The van der Waals surface area contributed by atoms with Gasteiger partial charge in [0.15, 0.2) is 5.82 Å². The number of hydrogen-bond acceptors (Lipinski definition) is 3. The molecule has 0 N–H and O–H groups in total. The van der Waals surface area contributed by atoms with Gasteiger partial charge in [0.25, 0.3) is 0 Å². The summed E-state index contributed by atoms with van der Waals surface area (Å²) < 4.78 is 6.30. The Morgan fingerprint density at radius 3 is 1.43 bits per heavy atom. The molecule has 2 aliphatic carbocycles. The Hall–Kier alpha value is -8.92. The van der Waals surface area contributed by atoms with E-state index in [1.54, 1.807) is 0 Å². The van der Waals surface area contributed by atoms with E-state index < -0.39 is 5.41 Å².